The molecule has 2 rings (SSSR count). The molecule has 0 saturated carbocycles. The zero-order chi connectivity index (χ0) is 19.9. The molecule has 1 unspecified atom stereocenters. The molecule has 2 aromatic rings. The fourth-order valence-electron chi connectivity index (χ4n) is 2.16. The van der Waals surface area contributed by atoms with E-state index in [1.807, 2.05) is 24.3 Å². The third-order valence-corrected chi connectivity index (χ3v) is 4.62. The fourth-order valence-corrected chi connectivity index (χ4v) is 3.05. The van der Waals surface area contributed by atoms with E-state index < -0.39 is 12.8 Å². The van der Waals surface area contributed by atoms with Gasteiger partial charge in [0.15, 0.2) is 6.61 Å². The summed E-state index contributed by atoms with van der Waals surface area (Å²) in [7, 11) is 1.58. The van der Waals surface area contributed by atoms with E-state index in [1.54, 1.807) is 26.2 Å². The van der Waals surface area contributed by atoms with Crippen LogP contribution in [0.3, 0.4) is 0 Å². The molecule has 0 aromatic heterocycles. The number of nitrogens with one attached hydrogen (secondary N) is 1. The van der Waals surface area contributed by atoms with Crippen LogP contribution in [0.25, 0.3) is 0 Å². The van der Waals surface area contributed by atoms with E-state index >= 15 is 0 Å². The van der Waals surface area contributed by atoms with Gasteiger partial charge in [-0.25, -0.2) is 0 Å². The van der Waals surface area contributed by atoms with Crippen molar-refractivity contribution in [2.45, 2.75) is 29.8 Å². The molecular weight excluding hydrogens is 379 g/mol. The van der Waals surface area contributed by atoms with Crippen molar-refractivity contribution in [2.24, 2.45) is 0 Å². The summed E-state index contributed by atoms with van der Waals surface area (Å²) in [5, 5.41) is 2.45. The molecule has 146 valence electrons. The fraction of sp³-hybridized carbons (Fsp3) is 0.316. The molecular formula is C19H20F3NO3S. The van der Waals surface area contributed by atoms with Crippen molar-refractivity contribution >= 4 is 17.7 Å². The maximum atomic E-state index is 12.2. The highest BCUT2D eigenvalue weighted by molar-refractivity contribution is 8.00. The quantitative estimate of drug-likeness (QED) is 0.667. The number of rotatable bonds is 8. The minimum atomic E-state index is -4.39. The van der Waals surface area contributed by atoms with Crippen LogP contribution < -0.4 is 14.8 Å². The molecule has 1 atom stereocenters. The molecule has 0 aliphatic rings. The summed E-state index contributed by atoms with van der Waals surface area (Å²) >= 11 is 1.40. The van der Waals surface area contributed by atoms with E-state index in [2.05, 4.69) is 5.32 Å². The largest absolute Gasteiger partial charge is 0.497 e. The Kier molecular flexibility index (Phi) is 7.41. The number of hydrogen-bond acceptors (Lipinski definition) is 4. The summed E-state index contributed by atoms with van der Waals surface area (Å²) in [5.41, 5.74) is 0.657. The first-order valence-corrected chi connectivity index (χ1v) is 9.02. The van der Waals surface area contributed by atoms with Gasteiger partial charge < -0.3 is 14.8 Å². The molecule has 27 heavy (non-hydrogen) atoms. The van der Waals surface area contributed by atoms with E-state index in [0.717, 1.165) is 10.6 Å². The zero-order valence-corrected chi connectivity index (χ0v) is 15.7. The van der Waals surface area contributed by atoms with Crippen LogP contribution in [-0.4, -0.2) is 31.1 Å². The van der Waals surface area contributed by atoms with Gasteiger partial charge in [0.25, 0.3) is 0 Å². The Hall–Kier alpha value is -2.35. The van der Waals surface area contributed by atoms with Crippen LogP contribution in [0.4, 0.5) is 13.2 Å². The first kappa shape index (κ1) is 21.0. The van der Waals surface area contributed by atoms with Gasteiger partial charge >= 0.3 is 6.18 Å². The predicted octanol–water partition coefficient (Wildman–Crippen LogP) is 4.43. The summed E-state index contributed by atoms with van der Waals surface area (Å²) < 4.78 is 46.4. The minimum Gasteiger partial charge on any atom is -0.497 e. The summed E-state index contributed by atoms with van der Waals surface area (Å²) in [6.07, 6.45) is -4.39. The average Bonchev–Trinajstić information content (AvgIpc) is 2.65. The lowest BCUT2D eigenvalue weighted by atomic mass is 10.2. The van der Waals surface area contributed by atoms with Crippen LogP contribution >= 0.6 is 11.8 Å². The Morgan fingerprint density at radius 1 is 1.15 bits per heavy atom. The van der Waals surface area contributed by atoms with Gasteiger partial charge in [-0.05, 0) is 48.9 Å². The number of methoxy groups -OCH3 is 1. The second-order valence-corrected chi connectivity index (χ2v) is 7.12. The maximum absolute atomic E-state index is 12.2. The molecule has 0 radical (unpaired) electrons. The number of hydrogen-bond donors (Lipinski definition) is 1. The van der Waals surface area contributed by atoms with Gasteiger partial charge in [-0.1, -0.05) is 12.1 Å². The first-order chi connectivity index (χ1) is 12.8. The second-order valence-electron chi connectivity index (χ2n) is 5.70. The van der Waals surface area contributed by atoms with Gasteiger partial charge in [0.05, 0.1) is 12.4 Å². The van der Waals surface area contributed by atoms with Crippen molar-refractivity contribution in [1.82, 2.24) is 5.32 Å². The van der Waals surface area contributed by atoms with Gasteiger partial charge in [0.1, 0.15) is 11.5 Å². The zero-order valence-electron chi connectivity index (χ0n) is 14.9. The maximum Gasteiger partial charge on any atom is 0.422 e. The molecule has 0 aliphatic carbocycles. The highest BCUT2D eigenvalue weighted by atomic mass is 32.2. The van der Waals surface area contributed by atoms with Crippen LogP contribution in [0, 0.1) is 0 Å². The lowest BCUT2D eigenvalue weighted by Gasteiger charge is -2.13. The lowest BCUT2D eigenvalue weighted by Crippen LogP contribution is -2.30. The van der Waals surface area contributed by atoms with Crippen molar-refractivity contribution in [3.63, 3.8) is 0 Å². The number of carbonyl (C=O) groups excluding carboxylic acids is 1. The average molecular weight is 399 g/mol. The third kappa shape index (κ3) is 7.42. The van der Waals surface area contributed by atoms with Crippen LogP contribution in [0.1, 0.15) is 12.5 Å². The molecule has 2 aromatic carbocycles. The van der Waals surface area contributed by atoms with Crippen molar-refractivity contribution < 1.29 is 27.4 Å². The number of alkyl halides is 3. The molecule has 0 spiro atoms. The third-order valence-electron chi connectivity index (χ3n) is 3.51. The molecule has 0 saturated heterocycles. The topological polar surface area (TPSA) is 47.6 Å². The number of benzene rings is 2. The van der Waals surface area contributed by atoms with Gasteiger partial charge in [-0.3, -0.25) is 4.79 Å². The normalized spacial score (nSPS) is 12.3. The molecule has 0 heterocycles. The van der Waals surface area contributed by atoms with Crippen molar-refractivity contribution in [3.05, 3.63) is 54.1 Å². The van der Waals surface area contributed by atoms with Crippen LogP contribution in [-0.2, 0) is 11.3 Å². The van der Waals surface area contributed by atoms with E-state index in [-0.39, 0.29) is 23.5 Å². The molecule has 8 heteroatoms. The van der Waals surface area contributed by atoms with Gasteiger partial charge in [0.2, 0.25) is 5.91 Å². The Labute approximate surface area is 160 Å². The molecule has 1 N–H and O–H groups in total. The summed E-state index contributed by atoms with van der Waals surface area (Å²) in [4.78, 5) is 13.2. The number of ether oxygens (including phenoxy) is 2. The van der Waals surface area contributed by atoms with E-state index in [0.29, 0.717) is 5.56 Å². The standard InChI is InChI=1S/C19H20F3NO3S/c1-13(27-17-8-6-15(25-2)7-9-17)18(24)23-11-14-4-3-5-16(10-14)26-12-19(20,21)22/h3-10,13H,11-12H2,1-2H3,(H,23,24). The predicted molar refractivity (Wildman–Crippen MR) is 98.2 cm³/mol. The second kappa shape index (κ2) is 9.55. The SMILES string of the molecule is COc1ccc(SC(C)C(=O)NCc2cccc(OCC(F)(F)F)c2)cc1. The Morgan fingerprint density at radius 2 is 1.85 bits per heavy atom. The molecule has 4 nitrogen and oxygen atoms in total. The summed E-state index contributed by atoms with van der Waals surface area (Å²) in [6.45, 7) is 0.640. The van der Waals surface area contributed by atoms with Crippen LogP contribution in [0.5, 0.6) is 11.5 Å². The van der Waals surface area contributed by atoms with Crippen molar-refractivity contribution in [2.75, 3.05) is 13.7 Å². The first-order valence-electron chi connectivity index (χ1n) is 8.14. The highest BCUT2D eigenvalue weighted by Crippen LogP contribution is 2.25. The number of thioether (sulfide) groups is 1. The van der Waals surface area contributed by atoms with Gasteiger partial charge in [0, 0.05) is 11.4 Å². The molecule has 1 amide bonds. The Bertz CT molecular complexity index is 751. The van der Waals surface area contributed by atoms with Gasteiger partial charge in [-0.2, -0.15) is 13.2 Å². The lowest BCUT2D eigenvalue weighted by molar-refractivity contribution is -0.153. The minimum absolute atomic E-state index is 0.111. The molecule has 0 fully saturated rings. The van der Waals surface area contributed by atoms with E-state index in [9.17, 15) is 18.0 Å². The Morgan fingerprint density at radius 3 is 2.48 bits per heavy atom. The van der Waals surface area contributed by atoms with E-state index in [4.69, 9.17) is 9.47 Å². The smallest absolute Gasteiger partial charge is 0.422 e. The monoisotopic (exact) mass is 399 g/mol. The summed E-state index contributed by atoms with van der Waals surface area (Å²) in [6, 6.07) is 13.6. The Balaban J connectivity index is 1.85. The van der Waals surface area contributed by atoms with Crippen LogP contribution in [0.2, 0.25) is 0 Å². The van der Waals surface area contributed by atoms with E-state index in [1.165, 1.54) is 23.9 Å². The van der Waals surface area contributed by atoms with Crippen molar-refractivity contribution in [3.8, 4) is 11.5 Å². The van der Waals surface area contributed by atoms with Gasteiger partial charge in [-0.15, -0.1) is 11.8 Å². The number of halogens is 3. The number of carbonyl (C=O) groups is 1. The number of amides is 1. The van der Waals surface area contributed by atoms with Crippen LogP contribution in [0.15, 0.2) is 53.4 Å². The summed E-state index contributed by atoms with van der Waals surface area (Å²) in [5.74, 6) is 0.682. The highest BCUT2D eigenvalue weighted by Gasteiger charge is 2.28. The molecule has 0 bridgehead atoms. The van der Waals surface area contributed by atoms with Crippen molar-refractivity contribution in [1.29, 1.82) is 0 Å². The molecule has 0 aliphatic heterocycles.